The molecule has 1 aromatic carbocycles. The lowest BCUT2D eigenvalue weighted by molar-refractivity contribution is -0.150. The van der Waals surface area contributed by atoms with E-state index in [1.807, 2.05) is 55.2 Å². The summed E-state index contributed by atoms with van der Waals surface area (Å²) in [6.07, 6.45) is 5.92. The minimum absolute atomic E-state index is 0.0472. The van der Waals surface area contributed by atoms with Gasteiger partial charge in [0.1, 0.15) is 5.92 Å². The zero-order valence-corrected chi connectivity index (χ0v) is 12.5. The van der Waals surface area contributed by atoms with Gasteiger partial charge in [0, 0.05) is 12.0 Å². The van der Waals surface area contributed by atoms with Crippen LogP contribution in [0.25, 0.3) is 0 Å². The average Bonchev–Trinajstić information content (AvgIpc) is 2.48. The number of likely N-dealkylation sites (tertiary alicyclic amines) is 1. The summed E-state index contributed by atoms with van der Waals surface area (Å²) in [5.74, 6) is -0.631. The van der Waals surface area contributed by atoms with Crippen LogP contribution in [0.4, 0.5) is 0 Å². The first-order valence-electron chi connectivity index (χ1n) is 7.68. The number of ketones is 1. The Morgan fingerprint density at radius 2 is 1.86 bits per heavy atom. The van der Waals surface area contributed by atoms with Gasteiger partial charge in [-0.1, -0.05) is 42.5 Å². The summed E-state index contributed by atoms with van der Waals surface area (Å²) in [7, 11) is 0. The zero-order chi connectivity index (χ0) is 15.0. The van der Waals surface area contributed by atoms with Gasteiger partial charge >= 0.3 is 0 Å². The molecule has 3 heteroatoms. The van der Waals surface area contributed by atoms with E-state index in [1.54, 1.807) is 0 Å². The number of carbonyl (C=O) groups excluding carboxylic acids is 2. The number of piperidine rings is 1. The molecule has 110 valence electrons. The highest BCUT2D eigenvalue weighted by Gasteiger charge is 2.48. The van der Waals surface area contributed by atoms with Gasteiger partial charge in [-0.2, -0.15) is 0 Å². The molecule has 0 aromatic heterocycles. The van der Waals surface area contributed by atoms with Crippen molar-refractivity contribution in [1.82, 2.24) is 4.90 Å². The standard InChI is InChI=1S/C18H21NO2/c1-12(2)19-15-11-7-6-10-14(15)17(20)16(18(19)21)13-8-4-3-5-9-13/h3-5,7-9,11-12,14-16H,6,10H2,1-2H3/t14-,15+,16?/m1/s1. The van der Waals surface area contributed by atoms with Crippen LogP contribution < -0.4 is 0 Å². The van der Waals surface area contributed by atoms with Crippen LogP contribution in [0, 0.1) is 5.92 Å². The van der Waals surface area contributed by atoms with Gasteiger partial charge in [0.2, 0.25) is 5.91 Å². The first-order chi connectivity index (χ1) is 10.1. The molecule has 1 saturated heterocycles. The Hall–Kier alpha value is -1.90. The number of hydrogen-bond donors (Lipinski definition) is 0. The average molecular weight is 283 g/mol. The summed E-state index contributed by atoms with van der Waals surface area (Å²) >= 11 is 0. The summed E-state index contributed by atoms with van der Waals surface area (Å²) in [6.45, 7) is 4.05. The maximum absolute atomic E-state index is 12.9. The van der Waals surface area contributed by atoms with Crippen LogP contribution in [0.2, 0.25) is 0 Å². The Morgan fingerprint density at radius 3 is 2.52 bits per heavy atom. The van der Waals surface area contributed by atoms with Crippen molar-refractivity contribution >= 4 is 11.7 Å². The number of fused-ring (bicyclic) bond motifs is 1. The van der Waals surface area contributed by atoms with E-state index in [0.29, 0.717) is 0 Å². The van der Waals surface area contributed by atoms with Crippen LogP contribution in [-0.2, 0) is 9.59 Å². The maximum atomic E-state index is 12.9. The highest BCUT2D eigenvalue weighted by atomic mass is 16.2. The van der Waals surface area contributed by atoms with Crippen LogP contribution >= 0.6 is 0 Å². The zero-order valence-electron chi connectivity index (χ0n) is 12.5. The van der Waals surface area contributed by atoms with Gasteiger partial charge in [0.05, 0.1) is 6.04 Å². The highest BCUT2D eigenvalue weighted by Crippen LogP contribution is 2.38. The van der Waals surface area contributed by atoms with Gasteiger partial charge in [-0.05, 0) is 32.3 Å². The van der Waals surface area contributed by atoms with Crippen molar-refractivity contribution in [3.8, 4) is 0 Å². The molecular weight excluding hydrogens is 262 g/mol. The van der Waals surface area contributed by atoms with E-state index in [9.17, 15) is 9.59 Å². The lowest BCUT2D eigenvalue weighted by atomic mass is 9.73. The highest BCUT2D eigenvalue weighted by molar-refractivity contribution is 6.10. The van der Waals surface area contributed by atoms with E-state index in [2.05, 4.69) is 6.08 Å². The maximum Gasteiger partial charge on any atom is 0.238 e. The molecule has 1 unspecified atom stereocenters. The third kappa shape index (κ3) is 2.31. The molecule has 0 saturated carbocycles. The lowest BCUT2D eigenvalue weighted by Crippen LogP contribution is -2.58. The van der Waals surface area contributed by atoms with Crippen LogP contribution in [0.15, 0.2) is 42.5 Å². The van der Waals surface area contributed by atoms with Crippen LogP contribution in [0.3, 0.4) is 0 Å². The minimum atomic E-state index is -0.624. The SMILES string of the molecule is CC(C)N1C(=O)C(c2ccccc2)C(=O)[C@@H]2CCC=C[C@@H]21. The van der Waals surface area contributed by atoms with Crippen LogP contribution in [-0.4, -0.2) is 28.7 Å². The van der Waals surface area contributed by atoms with Crippen LogP contribution in [0.5, 0.6) is 0 Å². The predicted molar refractivity (Wildman–Crippen MR) is 81.8 cm³/mol. The summed E-state index contributed by atoms with van der Waals surface area (Å²) in [4.78, 5) is 27.7. The van der Waals surface area contributed by atoms with E-state index in [1.165, 1.54) is 0 Å². The monoisotopic (exact) mass is 283 g/mol. The van der Waals surface area contributed by atoms with Gasteiger partial charge < -0.3 is 4.90 Å². The Morgan fingerprint density at radius 1 is 1.14 bits per heavy atom. The fraction of sp³-hybridized carbons (Fsp3) is 0.444. The number of allylic oxidation sites excluding steroid dienone is 1. The van der Waals surface area contributed by atoms with Crippen molar-refractivity contribution in [1.29, 1.82) is 0 Å². The predicted octanol–water partition coefficient (Wildman–Crippen LogP) is 2.92. The largest absolute Gasteiger partial charge is 0.332 e. The molecule has 0 N–H and O–H groups in total. The molecule has 3 atom stereocenters. The molecule has 1 aliphatic heterocycles. The molecule has 2 aliphatic rings. The second-order valence-corrected chi connectivity index (χ2v) is 6.19. The first kappa shape index (κ1) is 14.1. The number of hydrogen-bond acceptors (Lipinski definition) is 2. The first-order valence-corrected chi connectivity index (χ1v) is 7.68. The van der Waals surface area contributed by atoms with E-state index in [4.69, 9.17) is 0 Å². The third-order valence-corrected chi connectivity index (χ3v) is 4.55. The van der Waals surface area contributed by atoms with E-state index in [0.717, 1.165) is 18.4 Å². The molecule has 1 aromatic rings. The summed E-state index contributed by atoms with van der Waals surface area (Å²) in [5, 5.41) is 0. The van der Waals surface area contributed by atoms with Crippen molar-refractivity contribution in [2.75, 3.05) is 0 Å². The topological polar surface area (TPSA) is 37.4 Å². The van der Waals surface area contributed by atoms with E-state index in [-0.39, 0.29) is 29.7 Å². The Balaban J connectivity index is 2.04. The Kier molecular flexibility index (Phi) is 3.66. The summed E-state index contributed by atoms with van der Waals surface area (Å²) < 4.78 is 0. The number of Topliss-reactive ketones (excluding diaryl/α,β-unsaturated/α-hetero) is 1. The molecule has 1 aliphatic carbocycles. The van der Waals surface area contributed by atoms with Gasteiger partial charge in [-0.15, -0.1) is 0 Å². The normalized spacial score (nSPS) is 28.9. The Bertz CT molecular complexity index is 576. The smallest absolute Gasteiger partial charge is 0.238 e. The number of amides is 1. The van der Waals surface area contributed by atoms with Crippen LogP contribution in [0.1, 0.15) is 38.2 Å². The number of benzene rings is 1. The Labute approximate surface area is 125 Å². The number of nitrogens with zero attached hydrogens (tertiary/aromatic N) is 1. The van der Waals surface area contributed by atoms with Crippen molar-refractivity contribution in [3.63, 3.8) is 0 Å². The van der Waals surface area contributed by atoms with Gasteiger partial charge in [0.25, 0.3) is 0 Å². The molecule has 0 spiro atoms. The molecule has 1 fully saturated rings. The second-order valence-electron chi connectivity index (χ2n) is 6.19. The third-order valence-electron chi connectivity index (χ3n) is 4.55. The fourth-order valence-electron chi connectivity index (χ4n) is 3.60. The van der Waals surface area contributed by atoms with Gasteiger partial charge in [0.15, 0.2) is 5.78 Å². The molecule has 3 nitrogen and oxygen atoms in total. The molecule has 21 heavy (non-hydrogen) atoms. The molecule has 0 radical (unpaired) electrons. The summed E-state index contributed by atoms with van der Waals surface area (Å²) in [6, 6.07) is 9.51. The van der Waals surface area contributed by atoms with E-state index >= 15 is 0 Å². The van der Waals surface area contributed by atoms with Crippen molar-refractivity contribution in [2.24, 2.45) is 5.92 Å². The quantitative estimate of drug-likeness (QED) is 0.618. The minimum Gasteiger partial charge on any atom is -0.332 e. The van der Waals surface area contributed by atoms with Crippen molar-refractivity contribution < 1.29 is 9.59 Å². The molecule has 3 rings (SSSR count). The second kappa shape index (κ2) is 5.47. The van der Waals surface area contributed by atoms with Crippen molar-refractivity contribution in [2.45, 2.75) is 44.7 Å². The molecular formula is C18H21NO2. The molecule has 1 amide bonds. The number of carbonyl (C=O) groups is 2. The van der Waals surface area contributed by atoms with Gasteiger partial charge in [-0.3, -0.25) is 9.59 Å². The lowest BCUT2D eigenvalue weighted by Gasteiger charge is -2.45. The molecule has 0 bridgehead atoms. The number of rotatable bonds is 2. The fourth-order valence-corrected chi connectivity index (χ4v) is 3.60. The molecule has 1 heterocycles. The van der Waals surface area contributed by atoms with Crippen molar-refractivity contribution in [3.05, 3.63) is 48.0 Å². The van der Waals surface area contributed by atoms with E-state index < -0.39 is 5.92 Å². The summed E-state index contributed by atoms with van der Waals surface area (Å²) in [5.41, 5.74) is 0.825. The van der Waals surface area contributed by atoms with Gasteiger partial charge in [-0.25, -0.2) is 0 Å².